The normalized spacial score (nSPS) is 15.8. The molecule has 0 radical (unpaired) electrons. The molecule has 0 spiro atoms. The molecule has 1 fully saturated rings. The Labute approximate surface area is 169 Å². The lowest BCUT2D eigenvalue weighted by molar-refractivity contribution is 0.102. The molecule has 1 N–H and O–H groups in total. The molecule has 28 heavy (non-hydrogen) atoms. The average Bonchev–Trinajstić information content (AvgIpc) is 2.68. The van der Waals surface area contributed by atoms with Crippen molar-refractivity contribution in [3.05, 3.63) is 47.0 Å². The van der Waals surface area contributed by atoms with Crippen LogP contribution in [0, 0.1) is 0 Å². The van der Waals surface area contributed by atoms with Crippen LogP contribution >= 0.6 is 11.6 Å². The number of carbonyl (C=O) groups excluding carboxylic acids is 1. The van der Waals surface area contributed by atoms with Crippen molar-refractivity contribution in [3.63, 3.8) is 0 Å². The number of benzene rings is 2. The molecule has 9 heteroatoms. The zero-order chi connectivity index (χ0) is 20.3. The van der Waals surface area contributed by atoms with Gasteiger partial charge in [0.25, 0.3) is 5.91 Å². The van der Waals surface area contributed by atoms with Crippen molar-refractivity contribution < 1.29 is 22.7 Å². The topological polar surface area (TPSA) is 84.9 Å². The van der Waals surface area contributed by atoms with Crippen molar-refractivity contribution in [2.75, 3.05) is 36.1 Å². The van der Waals surface area contributed by atoms with Crippen molar-refractivity contribution >= 4 is 38.9 Å². The van der Waals surface area contributed by atoms with Gasteiger partial charge >= 0.3 is 0 Å². The van der Waals surface area contributed by atoms with Crippen LogP contribution in [0.5, 0.6) is 11.5 Å². The SMILES string of the molecule is COc1ccc(NC(=O)c2ccc(Cl)c(N3CCCCS3(=O)=O)c2)c(OC)c1. The van der Waals surface area contributed by atoms with Crippen molar-refractivity contribution in [2.45, 2.75) is 12.8 Å². The molecule has 1 aliphatic heterocycles. The van der Waals surface area contributed by atoms with E-state index in [1.54, 1.807) is 24.3 Å². The minimum Gasteiger partial charge on any atom is -0.497 e. The number of sulfonamides is 1. The number of nitrogens with one attached hydrogen (secondary N) is 1. The molecule has 3 rings (SSSR count). The quantitative estimate of drug-likeness (QED) is 0.793. The summed E-state index contributed by atoms with van der Waals surface area (Å²) in [5.74, 6) is 0.707. The second kappa shape index (κ2) is 8.28. The summed E-state index contributed by atoms with van der Waals surface area (Å²) in [5, 5.41) is 3.05. The molecule has 0 atom stereocenters. The Balaban J connectivity index is 1.89. The van der Waals surface area contributed by atoms with Crippen LogP contribution in [0.3, 0.4) is 0 Å². The van der Waals surface area contributed by atoms with Crippen LogP contribution in [-0.2, 0) is 10.0 Å². The summed E-state index contributed by atoms with van der Waals surface area (Å²) in [5.41, 5.74) is 1.07. The molecule has 1 amide bonds. The van der Waals surface area contributed by atoms with Gasteiger partial charge in [0.15, 0.2) is 0 Å². The van der Waals surface area contributed by atoms with Crippen LogP contribution < -0.4 is 19.1 Å². The monoisotopic (exact) mass is 424 g/mol. The molecule has 150 valence electrons. The van der Waals surface area contributed by atoms with Gasteiger partial charge in [-0.1, -0.05) is 11.6 Å². The number of halogens is 1. The largest absolute Gasteiger partial charge is 0.497 e. The lowest BCUT2D eigenvalue weighted by atomic mass is 10.1. The van der Waals surface area contributed by atoms with Gasteiger partial charge in [0.1, 0.15) is 11.5 Å². The van der Waals surface area contributed by atoms with Crippen LogP contribution in [-0.4, -0.2) is 40.8 Å². The third-order valence-corrected chi connectivity index (χ3v) is 6.66. The van der Waals surface area contributed by atoms with E-state index >= 15 is 0 Å². The number of hydrogen-bond donors (Lipinski definition) is 1. The summed E-state index contributed by atoms with van der Waals surface area (Å²) in [4.78, 5) is 12.7. The summed E-state index contributed by atoms with van der Waals surface area (Å²) in [7, 11) is -0.405. The highest BCUT2D eigenvalue weighted by Crippen LogP contribution is 2.33. The minimum atomic E-state index is -3.44. The number of methoxy groups -OCH3 is 2. The van der Waals surface area contributed by atoms with E-state index in [-0.39, 0.29) is 16.3 Å². The Hall–Kier alpha value is -2.45. The van der Waals surface area contributed by atoms with E-state index in [0.717, 1.165) is 6.42 Å². The molecular weight excluding hydrogens is 404 g/mol. The number of ether oxygens (including phenoxy) is 2. The van der Waals surface area contributed by atoms with Gasteiger partial charge in [-0.2, -0.15) is 0 Å². The van der Waals surface area contributed by atoms with Gasteiger partial charge in [-0.3, -0.25) is 9.10 Å². The smallest absolute Gasteiger partial charge is 0.255 e. The second-order valence-corrected chi connectivity index (χ2v) is 8.70. The molecule has 2 aromatic rings. The number of anilines is 2. The number of rotatable bonds is 5. The van der Waals surface area contributed by atoms with Crippen molar-refractivity contribution in [3.8, 4) is 11.5 Å². The number of nitrogens with zero attached hydrogens (tertiary/aromatic N) is 1. The second-order valence-electron chi connectivity index (χ2n) is 6.28. The zero-order valence-corrected chi connectivity index (χ0v) is 17.1. The summed E-state index contributed by atoms with van der Waals surface area (Å²) < 4.78 is 36.5. The molecule has 2 aromatic carbocycles. The fraction of sp³-hybridized carbons (Fsp3) is 0.316. The average molecular weight is 425 g/mol. The van der Waals surface area contributed by atoms with Crippen molar-refractivity contribution in [2.24, 2.45) is 0 Å². The molecule has 1 heterocycles. The first-order chi connectivity index (χ1) is 13.4. The van der Waals surface area contributed by atoms with Crippen LogP contribution in [0.2, 0.25) is 5.02 Å². The fourth-order valence-electron chi connectivity index (χ4n) is 3.00. The summed E-state index contributed by atoms with van der Waals surface area (Å²) in [6, 6.07) is 9.60. The lowest BCUT2D eigenvalue weighted by Crippen LogP contribution is -2.38. The highest BCUT2D eigenvalue weighted by Gasteiger charge is 2.28. The van der Waals surface area contributed by atoms with E-state index in [2.05, 4.69) is 5.32 Å². The van der Waals surface area contributed by atoms with E-state index in [9.17, 15) is 13.2 Å². The van der Waals surface area contributed by atoms with Gasteiger partial charge in [0.2, 0.25) is 10.0 Å². The van der Waals surface area contributed by atoms with Crippen LogP contribution in [0.1, 0.15) is 23.2 Å². The highest BCUT2D eigenvalue weighted by molar-refractivity contribution is 7.92. The maximum absolute atomic E-state index is 12.7. The van der Waals surface area contributed by atoms with Crippen molar-refractivity contribution in [1.82, 2.24) is 0 Å². The fourth-order valence-corrected chi connectivity index (χ4v) is 4.92. The third-order valence-electron chi connectivity index (χ3n) is 4.48. The Kier molecular flexibility index (Phi) is 6.00. The van der Waals surface area contributed by atoms with E-state index < -0.39 is 15.9 Å². The molecule has 0 bridgehead atoms. The Morgan fingerprint density at radius 1 is 1.11 bits per heavy atom. The first-order valence-electron chi connectivity index (χ1n) is 8.69. The maximum Gasteiger partial charge on any atom is 0.255 e. The molecule has 1 aliphatic rings. The van der Waals surface area contributed by atoms with Gasteiger partial charge < -0.3 is 14.8 Å². The van der Waals surface area contributed by atoms with Crippen LogP contribution in [0.15, 0.2) is 36.4 Å². The first-order valence-corrected chi connectivity index (χ1v) is 10.7. The molecule has 0 aromatic heterocycles. The Bertz CT molecular complexity index is 994. The van der Waals surface area contributed by atoms with E-state index in [1.807, 2.05) is 0 Å². The zero-order valence-electron chi connectivity index (χ0n) is 15.6. The number of hydrogen-bond acceptors (Lipinski definition) is 5. The third kappa shape index (κ3) is 4.18. The molecule has 0 saturated carbocycles. The van der Waals surface area contributed by atoms with Gasteiger partial charge in [-0.25, -0.2) is 8.42 Å². The number of amides is 1. The summed E-state index contributed by atoms with van der Waals surface area (Å²) in [6.45, 7) is 0.347. The minimum absolute atomic E-state index is 0.0722. The van der Waals surface area contributed by atoms with Gasteiger partial charge in [-0.05, 0) is 43.2 Å². The van der Waals surface area contributed by atoms with E-state index in [1.165, 1.54) is 30.7 Å². The highest BCUT2D eigenvalue weighted by atomic mass is 35.5. The predicted octanol–water partition coefficient (Wildman–Crippen LogP) is 3.54. The molecule has 1 saturated heterocycles. The Morgan fingerprint density at radius 2 is 1.89 bits per heavy atom. The van der Waals surface area contributed by atoms with Crippen LogP contribution in [0.25, 0.3) is 0 Å². The molecule has 7 nitrogen and oxygen atoms in total. The van der Waals surface area contributed by atoms with Crippen LogP contribution in [0.4, 0.5) is 11.4 Å². The first kappa shape index (κ1) is 20.3. The number of carbonyl (C=O) groups is 1. The Morgan fingerprint density at radius 3 is 2.57 bits per heavy atom. The van der Waals surface area contributed by atoms with E-state index in [0.29, 0.717) is 35.8 Å². The van der Waals surface area contributed by atoms with Crippen molar-refractivity contribution in [1.29, 1.82) is 0 Å². The summed E-state index contributed by atoms with van der Waals surface area (Å²) in [6.07, 6.45) is 1.36. The summed E-state index contributed by atoms with van der Waals surface area (Å²) >= 11 is 6.23. The van der Waals surface area contributed by atoms with Gasteiger partial charge in [-0.15, -0.1) is 0 Å². The van der Waals surface area contributed by atoms with Gasteiger partial charge in [0.05, 0.1) is 36.4 Å². The lowest BCUT2D eigenvalue weighted by Gasteiger charge is -2.29. The molecular formula is C19H21ClN2O5S. The molecule has 0 unspecified atom stereocenters. The maximum atomic E-state index is 12.7. The predicted molar refractivity (Wildman–Crippen MR) is 109 cm³/mol. The van der Waals surface area contributed by atoms with Gasteiger partial charge in [0, 0.05) is 18.2 Å². The molecule has 0 aliphatic carbocycles. The standard InChI is InChI=1S/C19H21ClN2O5S/c1-26-14-6-8-16(18(12-14)27-2)21-19(23)13-5-7-15(20)17(11-13)22-9-3-4-10-28(22,24)25/h5-8,11-12H,3-4,9-10H2,1-2H3,(H,21,23). The van der Waals surface area contributed by atoms with E-state index in [4.69, 9.17) is 21.1 Å².